The van der Waals surface area contributed by atoms with Crippen molar-refractivity contribution in [2.75, 3.05) is 6.54 Å². The summed E-state index contributed by atoms with van der Waals surface area (Å²) in [5, 5.41) is 14.5. The fourth-order valence-electron chi connectivity index (χ4n) is 1.78. The van der Waals surface area contributed by atoms with Gasteiger partial charge in [-0.1, -0.05) is 12.1 Å². The minimum absolute atomic E-state index is 0.102. The zero-order valence-corrected chi connectivity index (χ0v) is 12.5. The summed E-state index contributed by atoms with van der Waals surface area (Å²) in [6, 6.07) is 5.93. The number of hydrogen-bond donors (Lipinski definition) is 2. The van der Waals surface area contributed by atoms with E-state index in [0.29, 0.717) is 5.56 Å². The summed E-state index contributed by atoms with van der Waals surface area (Å²) in [5.41, 5.74) is 0.780. The molecule has 0 fully saturated rings. The van der Waals surface area contributed by atoms with Crippen molar-refractivity contribution in [3.05, 3.63) is 34.7 Å². The summed E-state index contributed by atoms with van der Waals surface area (Å²) in [5.74, 6) is -1.15. The van der Waals surface area contributed by atoms with Crippen molar-refractivity contribution in [1.82, 2.24) is 5.32 Å². The number of carboxylic acids is 1. The first-order valence-electron chi connectivity index (χ1n) is 6.31. The molecule has 20 heavy (non-hydrogen) atoms. The maximum Gasteiger partial charge on any atom is 0.310 e. The van der Waals surface area contributed by atoms with E-state index in [0.717, 1.165) is 15.6 Å². The number of nitrogens with one attached hydrogen (secondary N) is 1. The van der Waals surface area contributed by atoms with Crippen LogP contribution in [0.1, 0.15) is 29.8 Å². The summed E-state index contributed by atoms with van der Waals surface area (Å²) in [4.78, 5) is 23.2. The summed E-state index contributed by atoms with van der Waals surface area (Å²) >= 11 is 1.52. The van der Waals surface area contributed by atoms with Crippen molar-refractivity contribution in [3.8, 4) is 0 Å². The molecule has 1 aromatic heterocycles. The Balaban J connectivity index is 2.18. The van der Waals surface area contributed by atoms with Gasteiger partial charge in [-0.15, -0.1) is 11.3 Å². The number of carboxylic acid groups (broad SMARTS) is 1. The number of rotatable bonds is 4. The number of amides is 1. The second-order valence-corrected chi connectivity index (χ2v) is 6.43. The average molecular weight is 291 g/mol. The van der Waals surface area contributed by atoms with E-state index in [2.05, 4.69) is 5.32 Å². The Morgan fingerprint density at radius 2 is 2.05 bits per heavy atom. The second-order valence-electron chi connectivity index (χ2n) is 5.52. The third kappa shape index (κ3) is 2.82. The van der Waals surface area contributed by atoms with Crippen LogP contribution in [0.4, 0.5) is 0 Å². The zero-order valence-electron chi connectivity index (χ0n) is 11.7. The number of hydrogen-bond acceptors (Lipinski definition) is 3. The standard InChI is InChI=1S/C15H17NO3S/c1-9-4-5-10-11(7-20-12(10)6-9)13(17)16-8-15(2,3)14(18)19/h4-7H,8H2,1-3H3,(H,16,17)(H,18,19). The van der Waals surface area contributed by atoms with E-state index in [1.165, 1.54) is 11.3 Å². The van der Waals surface area contributed by atoms with Gasteiger partial charge in [-0.3, -0.25) is 9.59 Å². The van der Waals surface area contributed by atoms with Crippen LogP contribution in [0.2, 0.25) is 0 Å². The van der Waals surface area contributed by atoms with E-state index >= 15 is 0 Å². The lowest BCUT2D eigenvalue weighted by Crippen LogP contribution is -2.38. The zero-order chi connectivity index (χ0) is 14.9. The third-order valence-corrected chi connectivity index (χ3v) is 4.19. The maximum atomic E-state index is 12.2. The van der Waals surface area contributed by atoms with Gasteiger partial charge < -0.3 is 10.4 Å². The quantitative estimate of drug-likeness (QED) is 0.910. The monoisotopic (exact) mass is 291 g/mol. The fraction of sp³-hybridized carbons (Fsp3) is 0.333. The van der Waals surface area contributed by atoms with E-state index in [-0.39, 0.29) is 12.5 Å². The van der Waals surface area contributed by atoms with Crippen LogP contribution in [0.25, 0.3) is 10.1 Å². The normalized spacial score (nSPS) is 11.6. The van der Waals surface area contributed by atoms with Gasteiger partial charge in [0.05, 0.1) is 11.0 Å². The van der Waals surface area contributed by atoms with Crippen LogP contribution in [-0.4, -0.2) is 23.5 Å². The van der Waals surface area contributed by atoms with Gasteiger partial charge in [0, 0.05) is 22.0 Å². The highest BCUT2D eigenvalue weighted by Crippen LogP contribution is 2.27. The molecule has 2 N–H and O–H groups in total. The molecule has 2 rings (SSSR count). The summed E-state index contributed by atoms with van der Waals surface area (Å²) < 4.78 is 1.06. The Morgan fingerprint density at radius 3 is 2.70 bits per heavy atom. The molecule has 0 aliphatic rings. The predicted octanol–water partition coefficient (Wildman–Crippen LogP) is 3.05. The molecule has 0 radical (unpaired) electrons. The summed E-state index contributed by atoms with van der Waals surface area (Å²) in [6.45, 7) is 5.29. The molecule has 0 saturated heterocycles. The van der Waals surface area contributed by atoms with Gasteiger partial charge in [0.15, 0.2) is 0 Å². The van der Waals surface area contributed by atoms with Crippen LogP contribution in [0, 0.1) is 12.3 Å². The molecule has 5 heteroatoms. The van der Waals surface area contributed by atoms with Crippen molar-refractivity contribution in [2.24, 2.45) is 5.41 Å². The molecular formula is C15H17NO3S. The van der Waals surface area contributed by atoms with Crippen molar-refractivity contribution in [2.45, 2.75) is 20.8 Å². The number of carbonyl (C=O) groups is 2. The molecule has 4 nitrogen and oxygen atoms in total. The van der Waals surface area contributed by atoms with Crippen LogP contribution >= 0.6 is 11.3 Å². The minimum Gasteiger partial charge on any atom is -0.481 e. The Morgan fingerprint density at radius 1 is 1.35 bits per heavy atom. The highest BCUT2D eigenvalue weighted by atomic mass is 32.1. The average Bonchev–Trinajstić information content (AvgIpc) is 2.78. The minimum atomic E-state index is -0.974. The van der Waals surface area contributed by atoms with Gasteiger partial charge in [-0.25, -0.2) is 0 Å². The van der Waals surface area contributed by atoms with Crippen LogP contribution in [0.15, 0.2) is 23.6 Å². The van der Waals surface area contributed by atoms with Crippen molar-refractivity contribution < 1.29 is 14.7 Å². The summed E-state index contributed by atoms with van der Waals surface area (Å²) in [6.07, 6.45) is 0. The number of benzene rings is 1. The van der Waals surface area contributed by atoms with Crippen LogP contribution < -0.4 is 5.32 Å². The van der Waals surface area contributed by atoms with E-state index in [1.54, 1.807) is 13.8 Å². The summed E-state index contributed by atoms with van der Waals surface area (Å²) in [7, 11) is 0. The molecular weight excluding hydrogens is 274 g/mol. The van der Waals surface area contributed by atoms with Gasteiger partial charge >= 0.3 is 5.97 Å². The van der Waals surface area contributed by atoms with Crippen molar-refractivity contribution in [3.63, 3.8) is 0 Å². The molecule has 0 saturated carbocycles. The molecule has 106 valence electrons. The molecule has 2 aromatic rings. The maximum absolute atomic E-state index is 12.2. The highest BCUT2D eigenvalue weighted by Gasteiger charge is 2.28. The SMILES string of the molecule is Cc1ccc2c(C(=O)NCC(C)(C)C(=O)O)csc2c1. The molecule has 1 amide bonds. The Hall–Kier alpha value is -1.88. The number of aryl methyl sites for hydroxylation is 1. The van der Waals surface area contributed by atoms with E-state index < -0.39 is 11.4 Å². The predicted molar refractivity (Wildman–Crippen MR) is 80.3 cm³/mol. The number of fused-ring (bicyclic) bond motifs is 1. The van der Waals surface area contributed by atoms with Gasteiger partial charge in [0.1, 0.15) is 0 Å². The Kier molecular flexibility index (Phi) is 3.81. The Labute approximate surface area is 121 Å². The lowest BCUT2D eigenvalue weighted by molar-refractivity contribution is -0.146. The van der Waals surface area contributed by atoms with E-state index in [4.69, 9.17) is 5.11 Å². The number of aliphatic carboxylic acids is 1. The molecule has 0 unspecified atom stereocenters. The molecule has 0 aliphatic carbocycles. The van der Waals surface area contributed by atoms with Gasteiger partial charge in [0.2, 0.25) is 0 Å². The topological polar surface area (TPSA) is 66.4 Å². The number of thiophene rings is 1. The molecule has 1 aromatic carbocycles. The number of carbonyl (C=O) groups excluding carboxylic acids is 1. The van der Waals surface area contributed by atoms with Gasteiger partial charge in [-0.2, -0.15) is 0 Å². The first kappa shape index (κ1) is 14.5. The Bertz CT molecular complexity index is 673. The van der Waals surface area contributed by atoms with Crippen LogP contribution in [0.3, 0.4) is 0 Å². The highest BCUT2D eigenvalue weighted by molar-refractivity contribution is 7.17. The fourth-order valence-corrected chi connectivity index (χ4v) is 2.82. The first-order chi connectivity index (χ1) is 9.31. The largest absolute Gasteiger partial charge is 0.481 e. The van der Waals surface area contributed by atoms with E-state index in [1.807, 2.05) is 30.5 Å². The second kappa shape index (κ2) is 5.25. The first-order valence-corrected chi connectivity index (χ1v) is 7.19. The van der Waals surface area contributed by atoms with Gasteiger partial charge in [0.25, 0.3) is 5.91 Å². The van der Waals surface area contributed by atoms with Crippen molar-refractivity contribution >= 4 is 33.3 Å². The molecule has 0 atom stereocenters. The van der Waals surface area contributed by atoms with Crippen LogP contribution in [-0.2, 0) is 4.79 Å². The lowest BCUT2D eigenvalue weighted by Gasteiger charge is -2.19. The smallest absolute Gasteiger partial charge is 0.310 e. The van der Waals surface area contributed by atoms with Crippen LogP contribution in [0.5, 0.6) is 0 Å². The molecule has 1 heterocycles. The lowest BCUT2D eigenvalue weighted by atomic mass is 9.94. The van der Waals surface area contributed by atoms with E-state index in [9.17, 15) is 9.59 Å². The molecule has 0 spiro atoms. The molecule has 0 aliphatic heterocycles. The molecule has 0 bridgehead atoms. The van der Waals surface area contributed by atoms with Gasteiger partial charge in [-0.05, 0) is 32.4 Å². The third-order valence-electron chi connectivity index (χ3n) is 3.25. The van der Waals surface area contributed by atoms with Crippen molar-refractivity contribution in [1.29, 1.82) is 0 Å².